The molecule has 72 valence electrons. The first-order valence-corrected chi connectivity index (χ1v) is 6.18. The fourth-order valence-electron chi connectivity index (χ4n) is 1.28. The molecule has 2 rings (SSSR count). The van der Waals surface area contributed by atoms with Crippen LogP contribution in [0.25, 0.3) is 9.65 Å². The number of carbonyl (C=O) groups excluding carboxylic acids is 1. The Morgan fingerprint density at radius 2 is 2.21 bits per heavy atom. The molecule has 0 unspecified atom stereocenters. The van der Waals surface area contributed by atoms with Gasteiger partial charge in [-0.2, -0.15) is 0 Å². The monoisotopic (exact) mass is 254 g/mol. The van der Waals surface area contributed by atoms with Crippen LogP contribution in [0.2, 0.25) is 0 Å². The zero-order valence-corrected chi connectivity index (χ0v) is 9.53. The second kappa shape index (κ2) is 3.99. The number of hydrogen-bond donors (Lipinski definition) is 0. The molecule has 0 saturated heterocycles. The number of hydrogen-bond acceptors (Lipinski definition) is 2. The van der Waals surface area contributed by atoms with Gasteiger partial charge >= 0.3 is 88.0 Å². The summed E-state index contributed by atoms with van der Waals surface area (Å²) in [5, 5.41) is 1.16. The van der Waals surface area contributed by atoms with Gasteiger partial charge in [-0.25, -0.2) is 0 Å². The Hall–Kier alpha value is -1.05. The van der Waals surface area contributed by atoms with Crippen LogP contribution in [-0.4, -0.2) is 27.1 Å². The van der Waals surface area contributed by atoms with Crippen LogP contribution in [0.4, 0.5) is 0 Å². The number of ether oxygens (including phenoxy) is 1. The third kappa shape index (κ3) is 1.74. The molecule has 1 aromatic heterocycles. The second-order valence-corrected chi connectivity index (χ2v) is 5.14. The Bertz CT molecular complexity index is 426. The van der Waals surface area contributed by atoms with Crippen molar-refractivity contribution in [1.82, 2.24) is 0 Å². The van der Waals surface area contributed by atoms with Crippen LogP contribution in [0.1, 0.15) is 16.2 Å². The minimum atomic E-state index is -0.163. The standard InChI is InChI=1S/C11H10O2Se/c1-2-13-11(12)10-7-8-5-3-4-6-9(8)14-10/h3-7H,2H2,1H3. The van der Waals surface area contributed by atoms with Crippen molar-refractivity contribution in [2.24, 2.45) is 0 Å². The Kier molecular flexibility index (Phi) is 2.71. The van der Waals surface area contributed by atoms with Crippen molar-refractivity contribution in [3.63, 3.8) is 0 Å². The van der Waals surface area contributed by atoms with E-state index < -0.39 is 0 Å². The quantitative estimate of drug-likeness (QED) is 0.605. The van der Waals surface area contributed by atoms with Crippen LogP contribution in [0.3, 0.4) is 0 Å². The summed E-state index contributed by atoms with van der Waals surface area (Å²) in [6.45, 7) is 2.27. The van der Waals surface area contributed by atoms with Crippen molar-refractivity contribution in [2.45, 2.75) is 6.92 Å². The van der Waals surface area contributed by atoms with Crippen LogP contribution in [-0.2, 0) is 4.74 Å². The van der Waals surface area contributed by atoms with Gasteiger partial charge in [0.2, 0.25) is 0 Å². The molecule has 0 aliphatic heterocycles. The van der Waals surface area contributed by atoms with E-state index in [2.05, 4.69) is 6.07 Å². The van der Waals surface area contributed by atoms with Crippen molar-refractivity contribution in [3.05, 3.63) is 34.8 Å². The Labute approximate surface area is 88.2 Å². The van der Waals surface area contributed by atoms with Gasteiger partial charge in [0.15, 0.2) is 0 Å². The van der Waals surface area contributed by atoms with Crippen LogP contribution in [0, 0.1) is 0 Å². The van der Waals surface area contributed by atoms with Crippen molar-refractivity contribution in [3.8, 4) is 0 Å². The Morgan fingerprint density at radius 1 is 1.43 bits per heavy atom. The van der Waals surface area contributed by atoms with Gasteiger partial charge in [0.25, 0.3) is 0 Å². The summed E-state index contributed by atoms with van der Waals surface area (Å²) in [4.78, 5) is 11.4. The molecular weight excluding hydrogens is 243 g/mol. The molecule has 14 heavy (non-hydrogen) atoms. The van der Waals surface area contributed by atoms with Crippen molar-refractivity contribution in [2.75, 3.05) is 6.61 Å². The normalized spacial score (nSPS) is 10.4. The van der Waals surface area contributed by atoms with E-state index in [1.54, 1.807) is 0 Å². The van der Waals surface area contributed by atoms with Crippen molar-refractivity contribution < 1.29 is 9.53 Å². The summed E-state index contributed by atoms with van der Waals surface area (Å²) < 4.78 is 7.05. The summed E-state index contributed by atoms with van der Waals surface area (Å²) in [6, 6.07) is 10.0. The molecule has 0 amide bonds. The average molecular weight is 253 g/mol. The molecule has 1 aromatic carbocycles. The number of carbonyl (C=O) groups is 1. The second-order valence-electron chi connectivity index (χ2n) is 2.87. The van der Waals surface area contributed by atoms with Gasteiger partial charge in [0, 0.05) is 0 Å². The molecule has 0 aliphatic rings. The first-order chi connectivity index (χ1) is 6.81. The summed E-state index contributed by atoms with van der Waals surface area (Å²) in [5.74, 6) is -0.163. The fourth-order valence-corrected chi connectivity index (χ4v) is 3.29. The minimum absolute atomic E-state index is 0.128. The third-order valence-corrected chi connectivity index (χ3v) is 4.20. The predicted molar refractivity (Wildman–Crippen MR) is 56.8 cm³/mol. The van der Waals surface area contributed by atoms with Gasteiger partial charge in [0.1, 0.15) is 0 Å². The molecule has 0 fully saturated rings. The van der Waals surface area contributed by atoms with E-state index in [9.17, 15) is 4.79 Å². The van der Waals surface area contributed by atoms with Gasteiger partial charge < -0.3 is 0 Å². The van der Waals surface area contributed by atoms with Gasteiger partial charge in [-0.1, -0.05) is 0 Å². The van der Waals surface area contributed by atoms with E-state index in [0.29, 0.717) is 6.61 Å². The van der Waals surface area contributed by atoms with Crippen molar-refractivity contribution in [1.29, 1.82) is 0 Å². The molecule has 0 saturated carbocycles. The molecule has 3 heteroatoms. The predicted octanol–water partition coefficient (Wildman–Crippen LogP) is 2.07. The van der Waals surface area contributed by atoms with Crippen LogP contribution in [0.5, 0.6) is 0 Å². The van der Waals surface area contributed by atoms with Crippen molar-refractivity contribution >= 4 is 30.1 Å². The van der Waals surface area contributed by atoms with Gasteiger partial charge in [-0.3, -0.25) is 0 Å². The molecule has 2 nitrogen and oxygen atoms in total. The van der Waals surface area contributed by atoms with Crippen LogP contribution < -0.4 is 0 Å². The molecule has 0 radical (unpaired) electrons. The molecule has 0 bridgehead atoms. The molecule has 0 atom stereocenters. The summed E-state index contributed by atoms with van der Waals surface area (Å²) >= 11 is 0.128. The SMILES string of the molecule is CCOC(=O)c1cc2ccccc2[se]1. The number of esters is 1. The van der Waals surface area contributed by atoms with Crippen LogP contribution in [0.15, 0.2) is 30.3 Å². The maximum atomic E-state index is 11.4. The summed E-state index contributed by atoms with van der Waals surface area (Å²) in [7, 11) is 0. The molecule has 0 spiro atoms. The first-order valence-electron chi connectivity index (χ1n) is 4.47. The van der Waals surface area contributed by atoms with E-state index >= 15 is 0 Å². The van der Waals surface area contributed by atoms with E-state index in [1.807, 2.05) is 31.2 Å². The van der Waals surface area contributed by atoms with Gasteiger partial charge in [0.05, 0.1) is 0 Å². The number of rotatable bonds is 2. The molecule has 0 N–H and O–H groups in total. The van der Waals surface area contributed by atoms with E-state index in [0.717, 1.165) is 9.82 Å². The maximum absolute atomic E-state index is 11.4. The molecule has 0 aliphatic carbocycles. The molecule has 1 heterocycles. The Morgan fingerprint density at radius 3 is 2.93 bits per heavy atom. The topological polar surface area (TPSA) is 26.3 Å². The fraction of sp³-hybridized carbons (Fsp3) is 0.182. The van der Waals surface area contributed by atoms with Gasteiger partial charge in [-0.15, -0.1) is 0 Å². The first kappa shape index (κ1) is 9.50. The molecular formula is C11H10O2Se. The van der Waals surface area contributed by atoms with E-state index in [1.165, 1.54) is 4.26 Å². The summed E-state index contributed by atoms with van der Waals surface area (Å²) in [6.07, 6.45) is 0. The Balaban J connectivity index is 2.40. The molecule has 2 aromatic rings. The summed E-state index contributed by atoms with van der Waals surface area (Å²) in [5.41, 5.74) is 0. The third-order valence-electron chi connectivity index (χ3n) is 1.90. The zero-order valence-electron chi connectivity index (χ0n) is 7.82. The van der Waals surface area contributed by atoms with E-state index in [-0.39, 0.29) is 20.5 Å². The van der Waals surface area contributed by atoms with E-state index in [4.69, 9.17) is 4.74 Å². The number of fused-ring (bicyclic) bond motifs is 1. The average Bonchev–Trinajstić information content (AvgIpc) is 2.61. The van der Waals surface area contributed by atoms with Crippen LogP contribution >= 0.6 is 0 Å². The number of benzene rings is 1. The van der Waals surface area contributed by atoms with Gasteiger partial charge in [-0.05, 0) is 0 Å². The zero-order chi connectivity index (χ0) is 9.97.